The van der Waals surface area contributed by atoms with Crippen LogP contribution in [-0.4, -0.2) is 0 Å². The predicted octanol–water partition coefficient (Wildman–Crippen LogP) is 3.29. The first kappa shape index (κ1) is 10.9. The molecule has 0 nitrogen and oxygen atoms in total. The van der Waals surface area contributed by atoms with Gasteiger partial charge in [0.25, 0.3) is 0 Å². The summed E-state index contributed by atoms with van der Waals surface area (Å²) in [5, 5.41) is 0. The zero-order valence-corrected chi connectivity index (χ0v) is 10.5. The zero-order chi connectivity index (χ0) is 8.55. The normalized spacial score (nSPS) is 13.6. The van der Waals surface area contributed by atoms with E-state index in [1.165, 1.54) is 16.7 Å². The number of allylic oxidation sites excluding steroid dienone is 2. The maximum atomic E-state index is 2.24. The average Bonchev–Trinajstić information content (AvgIpc) is 2.47. The maximum absolute atomic E-state index is 2.24. The molecule has 13 heavy (non-hydrogen) atoms. The molecular formula is C12H13Zr. The minimum atomic E-state index is 0. The Balaban J connectivity index is 0.000000845. The van der Waals surface area contributed by atoms with Crippen LogP contribution < -0.4 is 0 Å². The van der Waals surface area contributed by atoms with Gasteiger partial charge in [-0.05, 0) is 22.6 Å². The van der Waals surface area contributed by atoms with Crippen molar-refractivity contribution in [3.63, 3.8) is 0 Å². The van der Waals surface area contributed by atoms with Gasteiger partial charge in [-0.25, -0.2) is 0 Å². The molecule has 1 aromatic carbocycles. The van der Waals surface area contributed by atoms with E-state index in [1.807, 2.05) is 0 Å². The summed E-state index contributed by atoms with van der Waals surface area (Å²) < 4.78 is 0. The molecule has 1 radical (unpaired) electrons. The van der Waals surface area contributed by atoms with E-state index < -0.39 is 0 Å². The van der Waals surface area contributed by atoms with Crippen LogP contribution in [-0.2, 0) is 26.2 Å². The van der Waals surface area contributed by atoms with E-state index in [9.17, 15) is 0 Å². The van der Waals surface area contributed by atoms with E-state index in [0.717, 1.165) is 0 Å². The average molecular weight is 248 g/mol. The standard InChI is InChI=1S/C12H13.Zr/c1-9(2)11-8-7-10-5-3-4-6-12(10)11;/h3-9H,1-2H3;. The van der Waals surface area contributed by atoms with Crippen LogP contribution in [0, 0.1) is 12.3 Å². The summed E-state index contributed by atoms with van der Waals surface area (Å²) >= 11 is 0. The molecule has 0 spiro atoms. The quantitative estimate of drug-likeness (QED) is 0.715. The SMILES string of the molecule is CC(C)C1=C[CH]c2ccccc21.[Zr]. The Morgan fingerprint density at radius 3 is 2.46 bits per heavy atom. The second-order valence-electron chi connectivity index (χ2n) is 3.53. The van der Waals surface area contributed by atoms with Gasteiger partial charge < -0.3 is 0 Å². The van der Waals surface area contributed by atoms with Crippen LogP contribution in [0.5, 0.6) is 0 Å². The van der Waals surface area contributed by atoms with Crippen LogP contribution in [0.4, 0.5) is 0 Å². The molecule has 0 fully saturated rings. The van der Waals surface area contributed by atoms with Crippen molar-refractivity contribution in [1.82, 2.24) is 0 Å². The monoisotopic (exact) mass is 247 g/mol. The first-order valence-electron chi connectivity index (χ1n) is 4.43. The topological polar surface area (TPSA) is 0 Å². The Morgan fingerprint density at radius 2 is 1.77 bits per heavy atom. The molecule has 65 valence electrons. The Hall–Kier alpha value is -0.157. The molecule has 2 rings (SSSR count). The van der Waals surface area contributed by atoms with Gasteiger partial charge in [-0.15, -0.1) is 0 Å². The second kappa shape index (κ2) is 4.37. The Labute approximate surface area is 99.2 Å². The van der Waals surface area contributed by atoms with Crippen molar-refractivity contribution in [2.45, 2.75) is 13.8 Å². The van der Waals surface area contributed by atoms with E-state index in [2.05, 4.69) is 50.6 Å². The third-order valence-corrected chi connectivity index (χ3v) is 2.34. The fourth-order valence-corrected chi connectivity index (χ4v) is 1.68. The van der Waals surface area contributed by atoms with Crippen LogP contribution >= 0.6 is 0 Å². The number of hydrogen-bond acceptors (Lipinski definition) is 0. The Bertz CT molecular complexity index is 324. The van der Waals surface area contributed by atoms with E-state index in [-0.39, 0.29) is 26.2 Å². The molecule has 1 heteroatoms. The molecule has 0 amide bonds. The number of rotatable bonds is 1. The molecule has 0 N–H and O–H groups in total. The minimum Gasteiger partial charge on any atom is -0.0720 e. The molecule has 0 heterocycles. The van der Waals surface area contributed by atoms with Crippen LogP contribution in [0.25, 0.3) is 5.57 Å². The van der Waals surface area contributed by atoms with Gasteiger partial charge in [0.05, 0.1) is 0 Å². The summed E-state index contributed by atoms with van der Waals surface area (Å²) in [6.07, 6.45) is 4.43. The summed E-state index contributed by atoms with van der Waals surface area (Å²) in [6.45, 7) is 4.48. The molecule has 0 saturated carbocycles. The largest absolute Gasteiger partial charge is 0.0720 e. The molecular weight excluding hydrogens is 235 g/mol. The number of benzene rings is 1. The van der Waals surface area contributed by atoms with Gasteiger partial charge in [0, 0.05) is 32.6 Å². The van der Waals surface area contributed by atoms with Crippen molar-refractivity contribution < 1.29 is 26.2 Å². The fraction of sp³-hybridized carbons (Fsp3) is 0.250. The Morgan fingerprint density at radius 1 is 1.08 bits per heavy atom. The molecule has 1 aromatic rings. The van der Waals surface area contributed by atoms with Crippen LogP contribution in [0.2, 0.25) is 0 Å². The van der Waals surface area contributed by atoms with Gasteiger partial charge in [0.1, 0.15) is 0 Å². The van der Waals surface area contributed by atoms with Crippen molar-refractivity contribution in [1.29, 1.82) is 0 Å². The van der Waals surface area contributed by atoms with Crippen molar-refractivity contribution in [2.75, 3.05) is 0 Å². The summed E-state index contributed by atoms with van der Waals surface area (Å²) in [5.41, 5.74) is 4.24. The van der Waals surface area contributed by atoms with Crippen LogP contribution in [0.1, 0.15) is 25.0 Å². The maximum Gasteiger partial charge on any atom is 0.0134 e. The third-order valence-electron chi connectivity index (χ3n) is 2.34. The molecule has 1 aliphatic rings. The molecule has 0 unspecified atom stereocenters. The third kappa shape index (κ3) is 2.02. The van der Waals surface area contributed by atoms with E-state index in [1.54, 1.807) is 0 Å². The first-order valence-corrected chi connectivity index (χ1v) is 4.43. The zero-order valence-electron chi connectivity index (χ0n) is 8.04. The summed E-state index contributed by atoms with van der Waals surface area (Å²) in [6, 6.07) is 8.56. The number of hydrogen-bond donors (Lipinski definition) is 0. The van der Waals surface area contributed by atoms with E-state index in [4.69, 9.17) is 0 Å². The van der Waals surface area contributed by atoms with Crippen molar-refractivity contribution in [3.8, 4) is 0 Å². The van der Waals surface area contributed by atoms with Gasteiger partial charge in [-0.3, -0.25) is 0 Å². The summed E-state index contributed by atoms with van der Waals surface area (Å²) in [7, 11) is 0. The summed E-state index contributed by atoms with van der Waals surface area (Å²) in [4.78, 5) is 0. The van der Waals surface area contributed by atoms with Crippen molar-refractivity contribution >= 4 is 5.57 Å². The van der Waals surface area contributed by atoms with Gasteiger partial charge in [0.2, 0.25) is 0 Å². The van der Waals surface area contributed by atoms with Crippen LogP contribution in [0.15, 0.2) is 30.3 Å². The van der Waals surface area contributed by atoms with Gasteiger partial charge in [0.15, 0.2) is 0 Å². The molecule has 0 aliphatic heterocycles. The van der Waals surface area contributed by atoms with Gasteiger partial charge in [-0.2, -0.15) is 0 Å². The molecule has 0 aromatic heterocycles. The summed E-state index contributed by atoms with van der Waals surface area (Å²) in [5.74, 6) is 0.630. The second-order valence-corrected chi connectivity index (χ2v) is 3.53. The van der Waals surface area contributed by atoms with Crippen molar-refractivity contribution in [2.24, 2.45) is 5.92 Å². The predicted molar refractivity (Wildman–Crippen MR) is 52.7 cm³/mol. The van der Waals surface area contributed by atoms with Gasteiger partial charge >= 0.3 is 0 Å². The molecule has 0 bridgehead atoms. The van der Waals surface area contributed by atoms with E-state index in [0.29, 0.717) is 5.92 Å². The smallest absolute Gasteiger partial charge is 0.0134 e. The van der Waals surface area contributed by atoms with Gasteiger partial charge in [-0.1, -0.05) is 44.2 Å². The molecule has 1 aliphatic carbocycles. The number of fused-ring (bicyclic) bond motifs is 1. The van der Waals surface area contributed by atoms with Crippen LogP contribution in [0.3, 0.4) is 0 Å². The fourth-order valence-electron chi connectivity index (χ4n) is 1.68. The first-order chi connectivity index (χ1) is 5.79. The molecule has 0 saturated heterocycles. The molecule has 0 atom stereocenters. The van der Waals surface area contributed by atoms with E-state index >= 15 is 0 Å². The Kier molecular flexibility index (Phi) is 3.67. The minimum absolute atomic E-state index is 0. The van der Waals surface area contributed by atoms with Crippen molar-refractivity contribution in [3.05, 3.63) is 47.9 Å².